The van der Waals surface area contributed by atoms with Crippen LogP contribution >= 0.6 is 0 Å². The van der Waals surface area contributed by atoms with Crippen LogP contribution in [0.4, 0.5) is 0 Å². The number of ether oxygens (including phenoxy) is 2. The van der Waals surface area contributed by atoms with Crippen LogP contribution in [0.25, 0.3) is 28.1 Å². The first-order valence-electron chi connectivity index (χ1n) is 11.1. The van der Waals surface area contributed by atoms with Crippen LogP contribution in [0.15, 0.2) is 53.1 Å². The summed E-state index contributed by atoms with van der Waals surface area (Å²) in [5.41, 5.74) is 8.18. The largest absolute Gasteiger partial charge is 0.476 e. The molecule has 1 aromatic carbocycles. The van der Waals surface area contributed by atoms with Gasteiger partial charge < -0.3 is 19.6 Å². The van der Waals surface area contributed by atoms with Gasteiger partial charge in [-0.15, -0.1) is 5.10 Å². The number of nitrogens with zero attached hydrogens (tertiary/aromatic N) is 3. The third-order valence-corrected chi connectivity index (χ3v) is 6.17. The lowest BCUT2D eigenvalue weighted by Gasteiger charge is -2.30. The number of nitrogens with two attached hydrogens (primary N) is 1. The molecule has 1 fully saturated rings. The Kier molecular flexibility index (Phi) is 5.86. The Morgan fingerprint density at radius 1 is 1.16 bits per heavy atom. The normalized spacial score (nSPS) is 16.2. The van der Waals surface area contributed by atoms with E-state index in [1.54, 1.807) is 10.7 Å². The van der Waals surface area contributed by atoms with Gasteiger partial charge in [0.05, 0.1) is 12.8 Å². The standard InChI is InChI=1S/C24H28N4O3/c25-11-3-5-19(17-9-12-29-13-10-17)16-30-24-8-7-23-26-15-20(28(23)27-24)22-14-18-4-1-2-6-21(18)31-22/h1-2,4,6-8,14-15,17,19H,3,5,9-13,16,25H2. The van der Waals surface area contributed by atoms with Crippen LogP contribution in [0, 0.1) is 11.8 Å². The number of hydrogen-bond donors (Lipinski definition) is 1. The molecule has 1 saturated heterocycles. The van der Waals surface area contributed by atoms with Crippen LogP contribution in [0.1, 0.15) is 25.7 Å². The van der Waals surface area contributed by atoms with Gasteiger partial charge in [-0.3, -0.25) is 0 Å². The molecule has 31 heavy (non-hydrogen) atoms. The van der Waals surface area contributed by atoms with Crippen LogP contribution in [0.2, 0.25) is 0 Å². The summed E-state index contributed by atoms with van der Waals surface area (Å²) in [5.74, 6) is 2.40. The molecular formula is C24H28N4O3. The molecule has 0 spiro atoms. The molecule has 0 amide bonds. The van der Waals surface area contributed by atoms with E-state index in [0.29, 0.717) is 30.9 Å². The quantitative estimate of drug-likeness (QED) is 0.457. The van der Waals surface area contributed by atoms with E-state index in [9.17, 15) is 0 Å². The summed E-state index contributed by atoms with van der Waals surface area (Å²) in [5, 5.41) is 5.76. The first kappa shape index (κ1) is 20.0. The first-order chi connectivity index (χ1) is 15.3. The SMILES string of the molecule is NCCCC(COc1ccc2ncc(-c3cc4ccccc4o3)n2n1)C1CCOCC1. The Balaban J connectivity index is 1.37. The number of fused-ring (bicyclic) bond motifs is 2. The highest BCUT2D eigenvalue weighted by Gasteiger charge is 2.24. The molecule has 4 heterocycles. The van der Waals surface area contributed by atoms with Gasteiger partial charge in [-0.05, 0) is 62.3 Å². The molecule has 1 aliphatic rings. The van der Waals surface area contributed by atoms with Gasteiger partial charge in [0.2, 0.25) is 5.88 Å². The Bertz CT molecular complexity index is 1110. The molecule has 1 aliphatic heterocycles. The third kappa shape index (κ3) is 4.29. The maximum absolute atomic E-state index is 6.17. The van der Waals surface area contributed by atoms with Crippen molar-refractivity contribution in [3.8, 4) is 17.3 Å². The average Bonchev–Trinajstić information content (AvgIpc) is 3.43. The molecule has 162 valence electrons. The monoisotopic (exact) mass is 420 g/mol. The maximum atomic E-state index is 6.17. The van der Waals surface area contributed by atoms with Gasteiger partial charge in [0.15, 0.2) is 11.4 Å². The summed E-state index contributed by atoms with van der Waals surface area (Å²) in [4.78, 5) is 4.47. The smallest absolute Gasteiger partial charge is 0.231 e. The Labute approximate surface area is 181 Å². The molecule has 0 saturated carbocycles. The number of benzene rings is 1. The Morgan fingerprint density at radius 3 is 2.87 bits per heavy atom. The van der Waals surface area contributed by atoms with Gasteiger partial charge in [-0.25, -0.2) is 9.50 Å². The first-order valence-corrected chi connectivity index (χ1v) is 11.1. The summed E-state index contributed by atoms with van der Waals surface area (Å²) in [6, 6.07) is 13.8. The summed E-state index contributed by atoms with van der Waals surface area (Å²) >= 11 is 0. The van der Waals surface area contributed by atoms with Gasteiger partial charge in [-0.2, -0.15) is 0 Å². The fourth-order valence-corrected chi connectivity index (χ4v) is 4.42. The molecule has 7 nitrogen and oxygen atoms in total. The van der Waals surface area contributed by atoms with Crippen molar-refractivity contribution in [2.75, 3.05) is 26.4 Å². The second-order valence-corrected chi connectivity index (χ2v) is 8.19. The zero-order chi connectivity index (χ0) is 21.0. The van der Waals surface area contributed by atoms with Crippen molar-refractivity contribution in [1.29, 1.82) is 0 Å². The van der Waals surface area contributed by atoms with Crippen molar-refractivity contribution in [3.63, 3.8) is 0 Å². The number of imidazole rings is 1. The molecule has 1 unspecified atom stereocenters. The molecule has 0 radical (unpaired) electrons. The molecule has 0 aliphatic carbocycles. The molecule has 3 aromatic heterocycles. The predicted octanol–water partition coefficient (Wildman–Crippen LogP) is 4.30. The Hall–Kier alpha value is -2.90. The summed E-state index contributed by atoms with van der Waals surface area (Å²) in [6.07, 6.45) is 6.04. The summed E-state index contributed by atoms with van der Waals surface area (Å²) in [7, 11) is 0. The van der Waals surface area contributed by atoms with Crippen LogP contribution in [-0.2, 0) is 4.74 Å². The number of rotatable bonds is 8. The molecular weight excluding hydrogens is 392 g/mol. The zero-order valence-corrected chi connectivity index (χ0v) is 17.6. The topological polar surface area (TPSA) is 87.8 Å². The molecule has 2 N–H and O–H groups in total. The molecule has 1 atom stereocenters. The minimum atomic E-state index is 0.461. The Morgan fingerprint density at radius 2 is 2.03 bits per heavy atom. The number of aromatic nitrogens is 3. The summed E-state index contributed by atoms with van der Waals surface area (Å²) < 4.78 is 19.5. The number of furan rings is 1. The van der Waals surface area contributed by atoms with Crippen molar-refractivity contribution < 1.29 is 13.9 Å². The van der Waals surface area contributed by atoms with Crippen molar-refractivity contribution in [2.24, 2.45) is 17.6 Å². The van der Waals surface area contributed by atoms with Crippen LogP contribution < -0.4 is 10.5 Å². The van der Waals surface area contributed by atoms with E-state index in [1.165, 1.54) is 0 Å². The minimum absolute atomic E-state index is 0.461. The fourth-order valence-electron chi connectivity index (χ4n) is 4.42. The zero-order valence-electron chi connectivity index (χ0n) is 17.6. The fraction of sp³-hybridized carbons (Fsp3) is 0.417. The maximum Gasteiger partial charge on any atom is 0.231 e. The highest BCUT2D eigenvalue weighted by atomic mass is 16.5. The van der Waals surface area contributed by atoms with Gasteiger partial charge >= 0.3 is 0 Å². The van der Waals surface area contributed by atoms with E-state index in [-0.39, 0.29) is 0 Å². The molecule has 0 bridgehead atoms. The molecule has 4 aromatic rings. The molecule has 7 heteroatoms. The van der Waals surface area contributed by atoms with Gasteiger partial charge in [-0.1, -0.05) is 18.2 Å². The van der Waals surface area contributed by atoms with Crippen LogP contribution in [-0.4, -0.2) is 41.0 Å². The third-order valence-electron chi connectivity index (χ3n) is 6.17. The second kappa shape index (κ2) is 9.08. The van der Waals surface area contributed by atoms with E-state index in [4.69, 9.17) is 24.7 Å². The van der Waals surface area contributed by atoms with E-state index in [0.717, 1.165) is 67.0 Å². The average molecular weight is 421 g/mol. The van der Waals surface area contributed by atoms with Crippen molar-refractivity contribution in [3.05, 3.63) is 48.7 Å². The van der Waals surface area contributed by atoms with Gasteiger partial charge in [0.1, 0.15) is 11.3 Å². The predicted molar refractivity (Wildman–Crippen MR) is 119 cm³/mol. The van der Waals surface area contributed by atoms with Crippen molar-refractivity contribution in [2.45, 2.75) is 25.7 Å². The van der Waals surface area contributed by atoms with Gasteiger partial charge in [0, 0.05) is 24.7 Å². The summed E-state index contributed by atoms with van der Waals surface area (Å²) in [6.45, 7) is 3.02. The highest BCUT2D eigenvalue weighted by Crippen LogP contribution is 2.30. The highest BCUT2D eigenvalue weighted by molar-refractivity contribution is 5.82. The van der Waals surface area contributed by atoms with Crippen LogP contribution in [0.3, 0.4) is 0 Å². The minimum Gasteiger partial charge on any atom is -0.476 e. The van der Waals surface area contributed by atoms with Crippen molar-refractivity contribution >= 4 is 16.6 Å². The van der Waals surface area contributed by atoms with E-state index >= 15 is 0 Å². The molecule has 5 rings (SSSR count). The number of hydrogen-bond acceptors (Lipinski definition) is 6. The van der Waals surface area contributed by atoms with E-state index in [2.05, 4.69) is 4.98 Å². The van der Waals surface area contributed by atoms with Gasteiger partial charge in [0.25, 0.3) is 0 Å². The number of para-hydroxylation sites is 1. The van der Waals surface area contributed by atoms with E-state index in [1.807, 2.05) is 42.5 Å². The lowest BCUT2D eigenvalue weighted by molar-refractivity contribution is 0.0332. The lowest BCUT2D eigenvalue weighted by atomic mass is 9.83. The van der Waals surface area contributed by atoms with E-state index < -0.39 is 0 Å². The van der Waals surface area contributed by atoms with Crippen molar-refractivity contribution in [1.82, 2.24) is 14.6 Å². The van der Waals surface area contributed by atoms with Crippen LogP contribution in [0.5, 0.6) is 5.88 Å². The second-order valence-electron chi connectivity index (χ2n) is 8.19. The lowest BCUT2D eigenvalue weighted by Crippen LogP contribution is -2.28.